The number of ketones is 1. The molecule has 128 valence electrons. The second kappa shape index (κ2) is 7.75. The van der Waals surface area contributed by atoms with E-state index in [-0.39, 0.29) is 12.4 Å². The molecular formula is C20H20N2O3. The number of rotatable bonds is 7. The van der Waals surface area contributed by atoms with Crippen molar-refractivity contribution < 1.29 is 13.9 Å². The summed E-state index contributed by atoms with van der Waals surface area (Å²) in [7, 11) is 0. The van der Waals surface area contributed by atoms with Crippen molar-refractivity contribution in [2.24, 2.45) is 0 Å². The molecule has 0 fully saturated rings. The minimum atomic E-state index is -0.0447. The van der Waals surface area contributed by atoms with E-state index in [1.165, 1.54) is 12.0 Å². The molecule has 5 heteroatoms. The number of nitrogens with zero attached hydrogens (tertiary/aromatic N) is 2. The van der Waals surface area contributed by atoms with Gasteiger partial charge in [0.25, 0.3) is 0 Å². The first-order valence-electron chi connectivity index (χ1n) is 8.30. The first-order valence-corrected chi connectivity index (χ1v) is 8.30. The minimum Gasteiger partial charge on any atom is -0.485 e. The summed E-state index contributed by atoms with van der Waals surface area (Å²) < 4.78 is 10.7. The van der Waals surface area contributed by atoms with Crippen LogP contribution >= 0.6 is 0 Å². The highest BCUT2D eigenvalue weighted by atomic mass is 16.5. The van der Waals surface area contributed by atoms with E-state index in [0.29, 0.717) is 23.1 Å². The Balaban J connectivity index is 1.58. The normalized spacial score (nSPS) is 11.9. The van der Waals surface area contributed by atoms with E-state index in [4.69, 9.17) is 9.15 Å². The van der Waals surface area contributed by atoms with Gasteiger partial charge >= 0.3 is 0 Å². The highest BCUT2D eigenvalue weighted by Crippen LogP contribution is 2.21. The van der Waals surface area contributed by atoms with E-state index in [1.807, 2.05) is 36.4 Å². The number of carbonyl (C=O) groups excluding carboxylic acids is 1. The Kier molecular flexibility index (Phi) is 5.23. The Hall–Kier alpha value is -2.95. The summed E-state index contributed by atoms with van der Waals surface area (Å²) in [5.41, 5.74) is 2.71. The lowest BCUT2D eigenvalue weighted by atomic mass is 9.97. The van der Waals surface area contributed by atoms with Crippen LogP contribution in [0.2, 0.25) is 0 Å². The largest absolute Gasteiger partial charge is 0.485 e. The van der Waals surface area contributed by atoms with Crippen molar-refractivity contribution in [2.45, 2.75) is 26.2 Å². The van der Waals surface area contributed by atoms with E-state index in [9.17, 15) is 4.79 Å². The summed E-state index contributed by atoms with van der Waals surface area (Å²) in [5, 5.41) is 7.49. The van der Waals surface area contributed by atoms with Crippen molar-refractivity contribution in [3.05, 3.63) is 66.1 Å². The van der Waals surface area contributed by atoms with Gasteiger partial charge in [-0.25, -0.2) is 0 Å². The van der Waals surface area contributed by atoms with E-state index in [1.54, 1.807) is 12.1 Å². The molecule has 0 aliphatic heterocycles. The van der Waals surface area contributed by atoms with Gasteiger partial charge in [-0.1, -0.05) is 38.1 Å². The van der Waals surface area contributed by atoms with Crippen LogP contribution in [-0.4, -0.2) is 22.6 Å². The van der Waals surface area contributed by atoms with Gasteiger partial charge in [0.1, 0.15) is 5.75 Å². The summed E-state index contributed by atoms with van der Waals surface area (Å²) >= 11 is 0. The third kappa shape index (κ3) is 4.12. The standard InChI is InChI=1S/C20H20N2O3/c1-3-14(2)15-4-6-16(7-5-15)19(23)12-24-18-10-8-17(9-11-18)20-22-21-13-25-20/h4-11,13-14H,3,12H2,1-2H3/t14-/m1/s1. The smallest absolute Gasteiger partial charge is 0.247 e. The maximum atomic E-state index is 12.3. The van der Waals surface area contributed by atoms with Crippen LogP contribution in [0.3, 0.4) is 0 Å². The summed E-state index contributed by atoms with van der Waals surface area (Å²) in [4.78, 5) is 12.3. The van der Waals surface area contributed by atoms with E-state index in [2.05, 4.69) is 24.0 Å². The first-order chi connectivity index (χ1) is 12.2. The van der Waals surface area contributed by atoms with Gasteiger partial charge in [0.15, 0.2) is 12.4 Å². The lowest BCUT2D eigenvalue weighted by Crippen LogP contribution is -2.11. The summed E-state index contributed by atoms with van der Waals surface area (Å²) in [6.07, 6.45) is 2.36. The van der Waals surface area contributed by atoms with Crippen LogP contribution in [0.5, 0.6) is 5.75 Å². The summed E-state index contributed by atoms with van der Waals surface area (Å²) in [6, 6.07) is 14.9. The third-order valence-corrected chi connectivity index (χ3v) is 4.25. The Morgan fingerprint density at radius 2 is 1.84 bits per heavy atom. The zero-order chi connectivity index (χ0) is 17.6. The van der Waals surface area contributed by atoms with Crippen LogP contribution in [0.4, 0.5) is 0 Å². The van der Waals surface area contributed by atoms with Crippen LogP contribution in [0.1, 0.15) is 42.1 Å². The Morgan fingerprint density at radius 3 is 2.44 bits per heavy atom. The minimum absolute atomic E-state index is 0.00256. The van der Waals surface area contributed by atoms with Crippen molar-refractivity contribution in [3.63, 3.8) is 0 Å². The maximum absolute atomic E-state index is 12.3. The zero-order valence-corrected chi connectivity index (χ0v) is 14.3. The summed E-state index contributed by atoms with van der Waals surface area (Å²) in [6.45, 7) is 4.34. The number of carbonyl (C=O) groups is 1. The molecule has 3 rings (SSSR count). The lowest BCUT2D eigenvalue weighted by molar-refractivity contribution is 0.0921. The van der Waals surface area contributed by atoms with Crippen molar-refractivity contribution in [3.8, 4) is 17.2 Å². The molecule has 0 spiro atoms. The molecule has 2 aromatic carbocycles. The van der Waals surface area contributed by atoms with Gasteiger partial charge in [0.2, 0.25) is 12.3 Å². The van der Waals surface area contributed by atoms with E-state index in [0.717, 1.165) is 12.0 Å². The molecule has 5 nitrogen and oxygen atoms in total. The molecule has 1 atom stereocenters. The fourth-order valence-corrected chi connectivity index (χ4v) is 2.46. The Labute approximate surface area is 146 Å². The van der Waals surface area contributed by atoms with Crippen LogP contribution < -0.4 is 4.74 Å². The molecule has 0 amide bonds. The molecule has 0 saturated carbocycles. The van der Waals surface area contributed by atoms with Crippen LogP contribution in [0, 0.1) is 0 Å². The maximum Gasteiger partial charge on any atom is 0.247 e. The van der Waals surface area contributed by atoms with Gasteiger partial charge in [-0.3, -0.25) is 4.79 Å². The topological polar surface area (TPSA) is 65.2 Å². The highest BCUT2D eigenvalue weighted by Gasteiger charge is 2.09. The number of aromatic nitrogens is 2. The molecule has 0 N–H and O–H groups in total. The number of hydrogen-bond donors (Lipinski definition) is 0. The number of ether oxygens (including phenoxy) is 1. The zero-order valence-electron chi connectivity index (χ0n) is 14.3. The SMILES string of the molecule is CC[C@@H](C)c1ccc(C(=O)COc2ccc(-c3nnco3)cc2)cc1. The highest BCUT2D eigenvalue weighted by molar-refractivity contribution is 5.97. The summed E-state index contributed by atoms with van der Waals surface area (Å²) in [5.74, 6) is 1.52. The van der Waals surface area contributed by atoms with Gasteiger partial charge < -0.3 is 9.15 Å². The first kappa shape index (κ1) is 16.9. The van der Waals surface area contributed by atoms with Crippen molar-refractivity contribution >= 4 is 5.78 Å². The number of Topliss-reactive ketones (excluding diaryl/α,β-unsaturated/α-hetero) is 1. The molecule has 3 aromatic rings. The number of benzene rings is 2. The predicted molar refractivity (Wildman–Crippen MR) is 94.7 cm³/mol. The average Bonchev–Trinajstić information content (AvgIpc) is 3.21. The molecular weight excluding hydrogens is 316 g/mol. The fraction of sp³-hybridized carbons (Fsp3) is 0.250. The van der Waals surface area contributed by atoms with Gasteiger partial charge in [-0.2, -0.15) is 0 Å². The molecule has 0 aliphatic rings. The van der Waals surface area contributed by atoms with Crippen LogP contribution in [-0.2, 0) is 0 Å². The van der Waals surface area contributed by atoms with Crippen molar-refractivity contribution in [2.75, 3.05) is 6.61 Å². The molecule has 0 saturated heterocycles. The average molecular weight is 336 g/mol. The van der Waals surface area contributed by atoms with Gasteiger partial charge in [0.05, 0.1) is 0 Å². The Morgan fingerprint density at radius 1 is 1.12 bits per heavy atom. The van der Waals surface area contributed by atoms with E-state index < -0.39 is 0 Å². The molecule has 0 unspecified atom stereocenters. The number of hydrogen-bond acceptors (Lipinski definition) is 5. The van der Waals surface area contributed by atoms with Crippen LogP contribution in [0.15, 0.2) is 59.3 Å². The molecule has 0 bridgehead atoms. The monoisotopic (exact) mass is 336 g/mol. The molecule has 0 aliphatic carbocycles. The molecule has 25 heavy (non-hydrogen) atoms. The quantitative estimate of drug-likeness (QED) is 0.594. The molecule has 0 radical (unpaired) electrons. The van der Waals surface area contributed by atoms with Crippen molar-refractivity contribution in [1.82, 2.24) is 10.2 Å². The fourth-order valence-electron chi connectivity index (χ4n) is 2.46. The lowest BCUT2D eigenvalue weighted by Gasteiger charge is -2.10. The van der Waals surface area contributed by atoms with E-state index >= 15 is 0 Å². The van der Waals surface area contributed by atoms with Gasteiger partial charge in [0, 0.05) is 11.1 Å². The van der Waals surface area contributed by atoms with Gasteiger partial charge in [-0.15, -0.1) is 10.2 Å². The second-order valence-electron chi connectivity index (χ2n) is 5.91. The third-order valence-electron chi connectivity index (χ3n) is 4.25. The second-order valence-corrected chi connectivity index (χ2v) is 5.91. The van der Waals surface area contributed by atoms with Crippen molar-refractivity contribution in [1.29, 1.82) is 0 Å². The predicted octanol–water partition coefficient (Wildman–Crippen LogP) is 4.51. The molecule has 1 aromatic heterocycles. The van der Waals surface area contributed by atoms with Gasteiger partial charge in [-0.05, 0) is 42.2 Å². The Bertz CT molecular complexity index is 809. The van der Waals surface area contributed by atoms with Crippen LogP contribution in [0.25, 0.3) is 11.5 Å². The molecule has 1 heterocycles.